The highest BCUT2D eigenvalue weighted by Crippen LogP contribution is 2.29. The first-order valence-corrected chi connectivity index (χ1v) is 10.2. The van der Waals surface area contributed by atoms with E-state index in [4.69, 9.17) is 5.11 Å². The number of amides is 1. The molecule has 0 fully saturated rings. The van der Waals surface area contributed by atoms with E-state index < -0.39 is 0 Å². The van der Waals surface area contributed by atoms with Crippen molar-refractivity contribution in [3.8, 4) is 11.1 Å². The van der Waals surface area contributed by atoms with Crippen molar-refractivity contribution in [3.63, 3.8) is 0 Å². The maximum Gasteiger partial charge on any atom is 0.251 e. The number of aliphatic hydroxyl groups excluding tert-OH is 1. The van der Waals surface area contributed by atoms with E-state index in [1.54, 1.807) is 6.07 Å². The smallest absolute Gasteiger partial charge is 0.251 e. The van der Waals surface area contributed by atoms with E-state index in [-0.39, 0.29) is 19.1 Å². The van der Waals surface area contributed by atoms with Crippen molar-refractivity contribution < 1.29 is 9.90 Å². The van der Waals surface area contributed by atoms with Gasteiger partial charge in [0.1, 0.15) is 12.1 Å². The summed E-state index contributed by atoms with van der Waals surface area (Å²) >= 11 is 3.48. The fourth-order valence-corrected chi connectivity index (χ4v) is 3.55. The Morgan fingerprint density at radius 3 is 2.63 bits per heavy atom. The first-order valence-electron chi connectivity index (χ1n) is 9.41. The Morgan fingerprint density at radius 2 is 1.80 bits per heavy atom. The monoisotopic (exact) mass is 462 g/mol. The molecule has 0 aliphatic carbocycles. The highest BCUT2D eigenvalue weighted by atomic mass is 79.9. The topological polar surface area (TPSA) is 87.1 Å². The Hall–Kier alpha value is -3.29. The zero-order valence-electron chi connectivity index (χ0n) is 16.0. The zero-order chi connectivity index (χ0) is 20.9. The molecule has 0 radical (unpaired) electrons. The van der Waals surface area contributed by atoms with Crippen LogP contribution in [0, 0.1) is 0 Å². The molecular formula is C23H19BrN4O2. The lowest BCUT2D eigenvalue weighted by atomic mass is 10.0. The molecule has 0 bridgehead atoms. The molecule has 3 aromatic carbocycles. The number of nitrogens with one attached hydrogen (secondary N) is 2. The minimum Gasteiger partial charge on any atom is -0.395 e. The van der Waals surface area contributed by atoms with Crippen LogP contribution in [0.1, 0.15) is 10.4 Å². The van der Waals surface area contributed by atoms with Crippen LogP contribution in [0.4, 0.5) is 11.5 Å². The van der Waals surface area contributed by atoms with Gasteiger partial charge < -0.3 is 15.7 Å². The Morgan fingerprint density at radius 1 is 0.967 bits per heavy atom. The van der Waals surface area contributed by atoms with Crippen molar-refractivity contribution in [1.82, 2.24) is 15.3 Å². The highest BCUT2D eigenvalue weighted by Gasteiger charge is 2.10. The maximum absolute atomic E-state index is 12.2. The van der Waals surface area contributed by atoms with Crippen LogP contribution in [0.2, 0.25) is 0 Å². The molecule has 1 aromatic heterocycles. The Labute approximate surface area is 182 Å². The van der Waals surface area contributed by atoms with Gasteiger partial charge in [-0.05, 0) is 53.6 Å². The van der Waals surface area contributed by atoms with Gasteiger partial charge in [0.15, 0.2) is 0 Å². The Bertz CT molecular complexity index is 1210. The van der Waals surface area contributed by atoms with Gasteiger partial charge >= 0.3 is 0 Å². The average molecular weight is 463 g/mol. The molecule has 1 amide bonds. The molecule has 3 N–H and O–H groups in total. The summed E-state index contributed by atoms with van der Waals surface area (Å²) in [5.41, 5.74) is 4.13. The molecule has 0 spiro atoms. The van der Waals surface area contributed by atoms with Crippen LogP contribution in [0.3, 0.4) is 0 Å². The molecule has 7 heteroatoms. The van der Waals surface area contributed by atoms with Gasteiger partial charge in [-0.1, -0.05) is 40.2 Å². The number of aliphatic hydroxyl groups is 1. The van der Waals surface area contributed by atoms with Crippen LogP contribution in [-0.4, -0.2) is 34.1 Å². The molecule has 30 heavy (non-hydrogen) atoms. The van der Waals surface area contributed by atoms with E-state index in [9.17, 15) is 4.79 Å². The summed E-state index contributed by atoms with van der Waals surface area (Å²) in [7, 11) is 0. The number of nitrogens with zero attached hydrogens (tertiary/aromatic N) is 2. The lowest BCUT2D eigenvalue weighted by Crippen LogP contribution is -2.26. The van der Waals surface area contributed by atoms with Crippen LogP contribution >= 0.6 is 15.9 Å². The molecule has 0 saturated heterocycles. The second-order valence-electron chi connectivity index (χ2n) is 6.65. The predicted molar refractivity (Wildman–Crippen MR) is 122 cm³/mol. The zero-order valence-corrected chi connectivity index (χ0v) is 17.6. The third-order valence-corrected chi connectivity index (χ3v) is 5.07. The molecular weight excluding hydrogens is 444 g/mol. The SMILES string of the molecule is O=C(NCCO)c1cccc(-c2ccc3ncnc(Nc4cccc(Br)c4)c3c2)c1. The standard InChI is InChI=1S/C23H19BrN4O2/c24-18-5-2-6-19(13-18)28-22-20-12-16(7-8-21(20)26-14-27-22)15-3-1-4-17(11-15)23(30)25-9-10-29/h1-8,11-14,29H,9-10H2,(H,25,30)(H,26,27,28). The number of carbonyl (C=O) groups is 1. The number of carbonyl (C=O) groups excluding carboxylic acids is 1. The summed E-state index contributed by atoms with van der Waals surface area (Å²) in [6.45, 7) is 0.130. The van der Waals surface area contributed by atoms with Gasteiger partial charge in [-0.3, -0.25) is 4.79 Å². The minimum absolute atomic E-state index is 0.0934. The summed E-state index contributed by atoms with van der Waals surface area (Å²) in [6.07, 6.45) is 1.54. The maximum atomic E-state index is 12.2. The van der Waals surface area contributed by atoms with Crippen LogP contribution in [-0.2, 0) is 0 Å². The number of fused-ring (bicyclic) bond motifs is 1. The number of benzene rings is 3. The van der Waals surface area contributed by atoms with Crippen molar-refractivity contribution in [2.45, 2.75) is 0 Å². The first-order chi connectivity index (χ1) is 14.6. The van der Waals surface area contributed by atoms with Gasteiger partial charge in [0.05, 0.1) is 12.1 Å². The second-order valence-corrected chi connectivity index (χ2v) is 7.57. The minimum atomic E-state index is -0.216. The molecule has 0 saturated carbocycles. The van der Waals surface area contributed by atoms with Gasteiger partial charge in [-0.25, -0.2) is 9.97 Å². The van der Waals surface area contributed by atoms with E-state index in [1.165, 1.54) is 6.33 Å². The fourth-order valence-electron chi connectivity index (χ4n) is 3.15. The molecule has 1 heterocycles. The third kappa shape index (κ3) is 4.48. The normalized spacial score (nSPS) is 10.7. The number of aromatic nitrogens is 2. The van der Waals surface area contributed by atoms with Crippen LogP contribution in [0.15, 0.2) is 77.5 Å². The van der Waals surface area contributed by atoms with E-state index in [0.717, 1.165) is 32.2 Å². The van der Waals surface area contributed by atoms with Gasteiger partial charge in [0.25, 0.3) is 5.91 Å². The summed E-state index contributed by atoms with van der Waals surface area (Å²) in [4.78, 5) is 21.0. The molecule has 0 aliphatic rings. The van der Waals surface area contributed by atoms with E-state index in [1.807, 2.05) is 60.7 Å². The number of halogens is 1. The summed E-state index contributed by atoms with van der Waals surface area (Å²) < 4.78 is 0.975. The number of hydrogen-bond donors (Lipinski definition) is 3. The van der Waals surface area contributed by atoms with Crippen molar-refractivity contribution in [1.29, 1.82) is 0 Å². The van der Waals surface area contributed by atoms with Crippen LogP contribution in [0.25, 0.3) is 22.0 Å². The van der Waals surface area contributed by atoms with E-state index in [2.05, 4.69) is 36.5 Å². The predicted octanol–water partition coefficient (Wildman–Crippen LogP) is 4.53. The second kappa shape index (κ2) is 9.02. The van der Waals surface area contributed by atoms with E-state index in [0.29, 0.717) is 11.4 Å². The average Bonchev–Trinajstić information content (AvgIpc) is 2.77. The molecule has 4 rings (SSSR count). The third-order valence-electron chi connectivity index (χ3n) is 4.58. The van der Waals surface area contributed by atoms with Gasteiger partial charge in [-0.2, -0.15) is 0 Å². The van der Waals surface area contributed by atoms with Crippen molar-refractivity contribution >= 4 is 44.2 Å². The lowest BCUT2D eigenvalue weighted by molar-refractivity contribution is 0.0945. The molecule has 0 aliphatic heterocycles. The lowest BCUT2D eigenvalue weighted by Gasteiger charge is -2.11. The number of anilines is 2. The highest BCUT2D eigenvalue weighted by molar-refractivity contribution is 9.10. The van der Waals surface area contributed by atoms with Crippen LogP contribution < -0.4 is 10.6 Å². The van der Waals surface area contributed by atoms with Crippen molar-refractivity contribution in [2.75, 3.05) is 18.5 Å². The number of rotatable bonds is 6. The molecule has 4 aromatic rings. The summed E-state index contributed by atoms with van der Waals surface area (Å²) in [6, 6.07) is 21.2. The summed E-state index contributed by atoms with van der Waals surface area (Å²) in [5.74, 6) is 0.490. The molecule has 0 atom stereocenters. The Kier molecular flexibility index (Phi) is 6.02. The molecule has 0 unspecified atom stereocenters. The quantitative estimate of drug-likeness (QED) is 0.391. The Balaban J connectivity index is 1.70. The van der Waals surface area contributed by atoms with Crippen LogP contribution in [0.5, 0.6) is 0 Å². The fraction of sp³-hybridized carbons (Fsp3) is 0.0870. The molecule has 6 nitrogen and oxygen atoms in total. The van der Waals surface area contributed by atoms with Gasteiger partial charge in [0, 0.05) is 27.7 Å². The molecule has 150 valence electrons. The van der Waals surface area contributed by atoms with Crippen molar-refractivity contribution in [2.24, 2.45) is 0 Å². The summed E-state index contributed by atoms with van der Waals surface area (Å²) in [5, 5.41) is 15.8. The number of hydrogen-bond acceptors (Lipinski definition) is 5. The van der Waals surface area contributed by atoms with Gasteiger partial charge in [0.2, 0.25) is 0 Å². The van der Waals surface area contributed by atoms with E-state index >= 15 is 0 Å². The van der Waals surface area contributed by atoms with Gasteiger partial charge in [-0.15, -0.1) is 0 Å². The van der Waals surface area contributed by atoms with Crippen molar-refractivity contribution in [3.05, 3.63) is 83.1 Å². The largest absolute Gasteiger partial charge is 0.395 e. The first kappa shape index (κ1) is 20.0.